The lowest BCUT2D eigenvalue weighted by molar-refractivity contribution is -0.137. The van der Waals surface area contributed by atoms with Crippen LogP contribution >= 0.6 is 0 Å². The Hall–Kier alpha value is -2.10. The number of rotatable bonds is 6. The van der Waals surface area contributed by atoms with Gasteiger partial charge < -0.3 is 10.6 Å². The van der Waals surface area contributed by atoms with Crippen LogP contribution < -0.4 is 10.6 Å². The molecule has 1 heterocycles. The van der Waals surface area contributed by atoms with Crippen molar-refractivity contribution in [3.05, 3.63) is 47.5 Å². The molecule has 2 N–H and O–H groups in total. The minimum absolute atomic E-state index is 0.0516. The summed E-state index contributed by atoms with van der Waals surface area (Å²) < 4.78 is 0. The van der Waals surface area contributed by atoms with Gasteiger partial charge in [-0.05, 0) is 123 Å². The lowest BCUT2D eigenvalue weighted by atomic mass is 9.48. The molecule has 7 rings (SSSR count). The van der Waals surface area contributed by atoms with Gasteiger partial charge in [-0.3, -0.25) is 9.59 Å². The fraction of sp³-hybridized carbons (Fsp3) is 0.737. The van der Waals surface area contributed by atoms with Crippen LogP contribution in [-0.2, 0) is 16.0 Å². The number of benzene rings is 1. The summed E-state index contributed by atoms with van der Waals surface area (Å²) in [7, 11) is 0. The predicted octanol–water partition coefficient (Wildman–Crippen LogP) is 7.87. The molecule has 0 saturated heterocycles. The summed E-state index contributed by atoms with van der Waals surface area (Å²) in [6, 6.07) is 9.83. The standard InChI is InChI=1S/C38H54N2O2/c1-4-5-8-25-11-13-27(14-12-25)34-26-9-6-21-38(34,22-7-10-26)40-35(42)31-17-16-29-28-15-18-32-37(3,24-20-33(41)39-32)30(28)19-23-36(29,31)2/h11-14,20,24,26,28-32,34H,4-10,15-19,21-23H2,1-3H3,(H,39,41)(H,40,42)/t26?,28-,29-,30+,31?,32?,34?,36-,37+,38?/m0/s1. The van der Waals surface area contributed by atoms with E-state index in [0.29, 0.717) is 35.5 Å². The predicted molar refractivity (Wildman–Crippen MR) is 169 cm³/mol. The molecule has 1 aromatic carbocycles. The van der Waals surface area contributed by atoms with Crippen molar-refractivity contribution >= 4 is 11.8 Å². The van der Waals surface area contributed by atoms with E-state index in [-0.39, 0.29) is 34.2 Å². The number of unbranched alkanes of at least 4 members (excludes halogenated alkanes) is 1. The minimum Gasteiger partial charge on any atom is -0.350 e. The van der Waals surface area contributed by atoms with Crippen molar-refractivity contribution in [1.29, 1.82) is 0 Å². The van der Waals surface area contributed by atoms with E-state index in [4.69, 9.17) is 0 Å². The quantitative estimate of drug-likeness (QED) is 0.366. The van der Waals surface area contributed by atoms with Crippen molar-refractivity contribution < 1.29 is 9.59 Å². The summed E-state index contributed by atoms with van der Waals surface area (Å²) in [6.07, 6.45) is 21.8. The Morgan fingerprint density at radius 2 is 1.69 bits per heavy atom. The van der Waals surface area contributed by atoms with Crippen LogP contribution in [0, 0.1) is 40.4 Å². The average molecular weight is 571 g/mol. The van der Waals surface area contributed by atoms with Gasteiger partial charge >= 0.3 is 0 Å². The molecule has 4 heteroatoms. The van der Waals surface area contributed by atoms with Crippen molar-refractivity contribution in [2.24, 2.45) is 40.4 Å². The van der Waals surface area contributed by atoms with Crippen LogP contribution in [0.25, 0.3) is 0 Å². The first-order chi connectivity index (χ1) is 20.3. The highest BCUT2D eigenvalue weighted by atomic mass is 16.2. The Labute approximate surface area is 254 Å². The van der Waals surface area contributed by atoms with Crippen molar-refractivity contribution in [3.8, 4) is 0 Å². The largest absolute Gasteiger partial charge is 0.350 e. The first-order valence-corrected chi connectivity index (χ1v) is 17.7. The van der Waals surface area contributed by atoms with Gasteiger partial charge in [0.25, 0.3) is 0 Å². The molecule has 42 heavy (non-hydrogen) atoms. The van der Waals surface area contributed by atoms with Gasteiger partial charge in [-0.25, -0.2) is 0 Å². The molecule has 0 aromatic heterocycles. The highest BCUT2D eigenvalue weighted by molar-refractivity contribution is 5.89. The summed E-state index contributed by atoms with van der Waals surface area (Å²) in [5.41, 5.74) is 2.98. The highest BCUT2D eigenvalue weighted by Crippen LogP contribution is 2.65. The number of carbonyl (C=O) groups is 2. The zero-order chi connectivity index (χ0) is 29.1. The van der Waals surface area contributed by atoms with Crippen molar-refractivity contribution in [2.45, 2.75) is 135 Å². The maximum atomic E-state index is 14.5. The second kappa shape index (κ2) is 10.8. The molecule has 0 radical (unpaired) electrons. The van der Waals surface area contributed by atoms with Gasteiger partial charge in [0.15, 0.2) is 0 Å². The average Bonchev–Trinajstić information content (AvgIpc) is 3.34. The van der Waals surface area contributed by atoms with E-state index in [0.717, 1.165) is 32.1 Å². The molecule has 0 spiro atoms. The van der Waals surface area contributed by atoms with E-state index in [1.807, 2.05) is 0 Å². The first kappa shape index (κ1) is 28.7. The molecule has 1 aromatic rings. The molecule has 1 aliphatic heterocycles. The van der Waals surface area contributed by atoms with E-state index >= 15 is 0 Å². The number of hydrogen-bond donors (Lipinski definition) is 2. The summed E-state index contributed by atoms with van der Waals surface area (Å²) in [6.45, 7) is 7.14. The van der Waals surface area contributed by atoms with Gasteiger partial charge in [-0.2, -0.15) is 0 Å². The Bertz CT molecular complexity index is 1210. The lowest BCUT2D eigenvalue weighted by Gasteiger charge is -2.59. The maximum absolute atomic E-state index is 14.5. The molecule has 4 nitrogen and oxygen atoms in total. The van der Waals surface area contributed by atoms with Crippen LogP contribution in [0.3, 0.4) is 0 Å². The summed E-state index contributed by atoms with van der Waals surface area (Å²) in [5.74, 6) is 3.60. The molecule has 2 amide bonds. The summed E-state index contributed by atoms with van der Waals surface area (Å²) in [4.78, 5) is 26.7. The number of nitrogens with one attached hydrogen (secondary N) is 2. The van der Waals surface area contributed by atoms with Crippen LogP contribution in [0.5, 0.6) is 0 Å². The maximum Gasteiger partial charge on any atom is 0.243 e. The summed E-state index contributed by atoms with van der Waals surface area (Å²) >= 11 is 0. The first-order valence-electron chi connectivity index (χ1n) is 17.7. The summed E-state index contributed by atoms with van der Waals surface area (Å²) in [5, 5.41) is 7.19. The van der Waals surface area contributed by atoms with Crippen LogP contribution in [-0.4, -0.2) is 23.4 Å². The van der Waals surface area contributed by atoms with E-state index in [9.17, 15) is 9.59 Å². The molecule has 228 valence electrons. The Morgan fingerprint density at radius 3 is 2.43 bits per heavy atom. The number of carbonyl (C=O) groups excluding carboxylic acids is 2. The van der Waals surface area contributed by atoms with Crippen molar-refractivity contribution in [2.75, 3.05) is 0 Å². The second-order valence-electron chi connectivity index (χ2n) is 15.9. The molecular formula is C38H54N2O2. The molecule has 8 atom stereocenters. The van der Waals surface area contributed by atoms with Gasteiger partial charge in [-0.1, -0.05) is 70.4 Å². The van der Waals surface area contributed by atoms with E-state index < -0.39 is 0 Å². The number of amides is 2. The van der Waals surface area contributed by atoms with Gasteiger partial charge in [0.2, 0.25) is 11.8 Å². The molecule has 5 fully saturated rings. The molecule has 5 saturated carbocycles. The third-order valence-electron chi connectivity index (χ3n) is 14.0. The molecule has 5 aliphatic carbocycles. The monoisotopic (exact) mass is 570 g/mol. The molecule has 6 aliphatic rings. The topological polar surface area (TPSA) is 58.2 Å². The number of aryl methyl sites for hydroxylation is 1. The minimum atomic E-state index is -0.0779. The molecule has 2 bridgehead atoms. The van der Waals surface area contributed by atoms with Gasteiger partial charge in [0, 0.05) is 28.8 Å². The van der Waals surface area contributed by atoms with E-state index in [1.165, 1.54) is 75.3 Å². The van der Waals surface area contributed by atoms with Crippen LogP contribution in [0.15, 0.2) is 36.4 Å². The Balaban J connectivity index is 1.11. The Morgan fingerprint density at radius 1 is 0.929 bits per heavy atom. The fourth-order valence-electron chi connectivity index (χ4n) is 11.9. The van der Waals surface area contributed by atoms with E-state index in [1.54, 1.807) is 6.08 Å². The Kier molecular flexibility index (Phi) is 7.38. The number of hydrogen-bond acceptors (Lipinski definition) is 2. The SMILES string of the molecule is CCCCc1ccc(C2C3CCCC2(NC(=O)C2CC[C@H]4[C@@H]5CCC6NC(=O)C=C[C@]6(C)[C@@H]5CC[C@]24C)CCC3)cc1. The van der Waals surface area contributed by atoms with Crippen LogP contribution in [0.4, 0.5) is 0 Å². The smallest absolute Gasteiger partial charge is 0.243 e. The molecule has 3 unspecified atom stereocenters. The van der Waals surface area contributed by atoms with Crippen molar-refractivity contribution in [3.63, 3.8) is 0 Å². The third-order valence-corrected chi connectivity index (χ3v) is 14.0. The molecular weight excluding hydrogens is 516 g/mol. The van der Waals surface area contributed by atoms with E-state index in [2.05, 4.69) is 61.7 Å². The van der Waals surface area contributed by atoms with Gasteiger partial charge in [-0.15, -0.1) is 0 Å². The zero-order valence-electron chi connectivity index (χ0n) is 26.4. The number of fused-ring (bicyclic) bond motifs is 7. The zero-order valence-corrected chi connectivity index (χ0v) is 26.4. The third kappa shape index (κ3) is 4.52. The fourth-order valence-corrected chi connectivity index (χ4v) is 11.9. The highest BCUT2D eigenvalue weighted by Gasteiger charge is 2.61. The van der Waals surface area contributed by atoms with Crippen molar-refractivity contribution in [1.82, 2.24) is 10.6 Å². The normalized spacial score (nSPS) is 44.0. The van der Waals surface area contributed by atoms with Gasteiger partial charge in [0.05, 0.1) is 0 Å². The second-order valence-corrected chi connectivity index (χ2v) is 15.9. The van der Waals surface area contributed by atoms with Crippen LogP contribution in [0.1, 0.15) is 128 Å². The van der Waals surface area contributed by atoms with Crippen LogP contribution in [0.2, 0.25) is 0 Å². The van der Waals surface area contributed by atoms with Gasteiger partial charge in [0.1, 0.15) is 0 Å². The lowest BCUT2D eigenvalue weighted by Crippen LogP contribution is -2.61.